The maximum Gasteiger partial charge on any atom is 0.416 e. The number of carbonyl (C=O) groups is 1. The first kappa shape index (κ1) is 33.8. The van der Waals surface area contributed by atoms with Gasteiger partial charge in [0.25, 0.3) is 0 Å². The van der Waals surface area contributed by atoms with Gasteiger partial charge in [-0.1, -0.05) is 36.8 Å². The van der Waals surface area contributed by atoms with Crippen molar-refractivity contribution in [2.24, 2.45) is 5.92 Å². The molecule has 0 unspecified atom stereocenters. The number of benzene rings is 2. The minimum Gasteiger partial charge on any atom is -0.494 e. The molecule has 0 atom stereocenters. The van der Waals surface area contributed by atoms with E-state index in [1.807, 2.05) is 24.3 Å². The summed E-state index contributed by atoms with van der Waals surface area (Å²) in [6.45, 7) is 6.07. The summed E-state index contributed by atoms with van der Waals surface area (Å²) in [6.07, 6.45) is 0.991. The van der Waals surface area contributed by atoms with Gasteiger partial charge in [0.05, 0.1) is 17.7 Å². The normalized spacial score (nSPS) is 17.7. The van der Waals surface area contributed by atoms with E-state index in [0.717, 1.165) is 62.8 Å². The van der Waals surface area contributed by atoms with Gasteiger partial charge in [0, 0.05) is 26.1 Å². The average molecular weight is 626 g/mol. The molecule has 0 radical (unpaired) electrons. The van der Waals surface area contributed by atoms with Crippen LogP contribution in [-0.2, 0) is 23.7 Å². The molecule has 44 heavy (non-hydrogen) atoms. The smallest absolute Gasteiger partial charge is 0.416 e. The van der Waals surface area contributed by atoms with Crippen LogP contribution in [0, 0.1) is 5.92 Å². The molecule has 0 aliphatic carbocycles. The van der Waals surface area contributed by atoms with Crippen molar-refractivity contribution in [1.82, 2.24) is 15.1 Å². The first-order chi connectivity index (χ1) is 21.0. The largest absolute Gasteiger partial charge is 0.494 e. The molecule has 2 aromatic carbocycles. The van der Waals surface area contributed by atoms with E-state index >= 15 is 0 Å². The summed E-state index contributed by atoms with van der Waals surface area (Å²) in [6, 6.07) is 9.50. The number of likely N-dealkylation sites (tertiary alicyclic amines) is 2. The first-order valence-electron chi connectivity index (χ1n) is 15.4. The number of piperidine rings is 2. The molecular weight excluding hydrogens is 584 g/mol. The fraction of sp³-hybridized carbons (Fsp3) is 0.545. The van der Waals surface area contributed by atoms with Gasteiger partial charge < -0.3 is 15.0 Å². The van der Waals surface area contributed by atoms with E-state index < -0.39 is 41.5 Å². The molecule has 2 aliphatic heterocycles. The van der Waals surface area contributed by atoms with Crippen LogP contribution < -0.4 is 10.1 Å². The topological polar surface area (TPSA) is 44.8 Å². The van der Waals surface area contributed by atoms with Gasteiger partial charge in [-0.3, -0.25) is 9.69 Å². The second-order valence-electron chi connectivity index (χ2n) is 11.7. The Labute approximate surface area is 255 Å². The molecule has 1 amide bonds. The van der Waals surface area contributed by atoms with Gasteiger partial charge in [0.15, 0.2) is 0 Å². The van der Waals surface area contributed by atoms with Gasteiger partial charge in [-0.25, -0.2) is 0 Å². The van der Waals surface area contributed by atoms with Crippen LogP contribution in [0.2, 0.25) is 0 Å². The van der Waals surface area contributed by atoms with Gasteiger partial charge >= 0.3 is 12.4 Å². The number of alkyl halides is 6. The van der Waals surface area contributed by atoms with E-state index in [4.69, 9.17) is 4.74 Å². The number of halogens is 6. The van der Waals surface area contributed by atoms with Crippen LogP contribution in [0.4, 0.5) is 26.3 Å². The van der Waals surface area contributed by atoms with E-state index in [1.54, 1.807) is 0 Å². The van der Waals surface area contributed by atoms with E-state index in [2.05, 4.69) is 27.3 Å². The third kappa shape index (κ3) is 10.8. The highest BCUT2D eigenvalue weighted by Gasteiger charge is 2.38. The lowest BCUT2D eigenvalue weighted by Crippen LogP contribution is -2.36. The molecule has 0 saturated carbocycles. The summed E-state index contributed by atoms with van der Waals surface area (Å²) in [7, 11) is 0. The van der Waals surface area contributed by atoms with Crippen molar-refractivity contribution in [3.8, 4) is 5.75 Å². The third-order valence-electron chi connectivity index (χ3n) is 8.29. The van der Waals surface area contributed by atoms with Crippen molar-refractivity contribution in [3.05, 3.63) is 70.8 Å². The number of hydrogen-bond donors (Lipinski definition) is 1. The fourth-order valence-electron chi connectivity index (χ4n) is 5.75. The molecular formula is C33H41F6N3O2. The second kappa shape index (κ2) is 15.8. The Morgan fingerprint density at radius 2 is 1.59 bits per heavy atom. The van der Waals surface area contributed by atoms with Crippen LogP contribution in [0.15, 0.2) is 48.5 Å². The summed E-state index contributed by atoms with van der Waals surface area (Å²) in [5, 5.41) is 2.46. The lowest BCUT2D eigenvalue weighted by molar-refractivity contribution is -0.143. The van der Waals surface area contributed by atoms with Crippen LogP contribution in [0.25, 0.3) is 6.08 Å². The zero-order chi connectivity index (χ0) is 31.6. The fourth-order valence-corrected chi connectivity index (χ4v) is 5.75. The van der Waals surface area contributed by atoms with Crippen LogP contribution in [0.3, 0.4) is 0 Å². The third-order valence-corrected chi connectivity index (χ3v) is 8.29. The van der Waals surface area contributed by atoms with Crippen LogP contribution in [0.5, 0.6) is 5.75 Å². The number of rotatable bonds is 12. The number of hydrogen-bond acceptors (Lipinski definition) is 4. The molecule has 0 bridgehead atoms. The first-order valence-corrected chi connectivity index (χ1v) is 15.4. The SMILES string of the molecule is O=C(CC1CCN(C/C=C/c2ccc(OCCCN3CCCCC3)cc2)CC1)NCc1ccc(C(F)(F)F)cc1C(F)(F)F. The maximum atomic E-state index is 13.4. The molecule has 2 aliphatic rings. The van der Waals surface area contributed by atoms with E-state index in [-0.39, 0.29) is 18.4 Å². The van der Waals surface area contributed by atoms with Gasteiger partial charge in [-0.05, 0) is 99.6 Å². The number of carbonyl (C=O) groups excluding carboxylic acids is 1. The predicted octanol–water partition coefficient (Wildman–Crippen LogP) is 7.41. The zero-order valence-corrected chi connectivity index (χ0v) is 24.9. The quantitative estimate of drug-likeness (QED) is 0.197. The summed E-state index contributed by atoms with van der Waals surface area (Å²) in [5.74, 6) is 0.551. The predicted molar refractivity (Wildman–Crippen MR) is 158 cm³/mol. The highest BCUT2D eigenvalue weighted by atomic mass is 19.4. The molecule has 0 aromatic heterocycles. The van der Waals surface area contributed by atoms with E-state index in [0.29, 0.717) is 12.7 Å². The minimum atomic E-state index is -4.97. The summed E-state index contributed by atoms with van der Waals surface area (Å²) in [5.41, 5.74) is -2.08. The molecule has 242 valence electrons. The Morgan fingerprint density at radius 1 is 0.886 bits per heavy atom. The minimum absolute atomic E-state index is 0.0911. The Kier molecular flexibility index (Phi) is 12.1. The molecule has 2 fully saturated rings. The number of ether oxygens (including phenoxy) is 1. The Balaban J connectivity index is 1.13. The lowest BCUT2D eigenvalue weighted by atomic mass is 9.93. The van der Waals surface area contributed by atoms with E-state index in [9.17, 15) is 31.1 Å². The van der Waals surface area contributed by atoms with Crippen molar-refractivity contribution < 1.29 is 35.9 Å². The molecule has 2 heterocycles. The Morgan fingerprint density at radius 3 is 2.25 bits per heavy atom. The molecule has 2 aromatic rings. The van der Waals surface area contributed by atoms with Crippen LogP contribution in [0.1, 0.15) is 67.2 Å². The van der Waals surface area contributed by atoms with Gasteiger partial charge in [-0.2, -0.15) is 26.3 Å². The average Bonchev–Trinajstić information content (AvgIpc) is 2.99. The van der Waals surface area contributed by atoms with Gasteiger partial charge in [-0.15, -0.1) is 0 Å². The number of amides is 1. The Hall–Kier alpha value is -3.05. The second-order valence-corrected chi connectivity index (χ2v) is 11.7. The monoisotopic (exact) mass is 625 g/mol. The molecule has 5 nitrogen and oxygen atoms in total. The highest BCUT2D eigenvalue weighted by molar-refractivity contribution is 5.76. The lowest BCUT2D eigenvalue weighted by Gasteiger charge is -2.30. The molecule has 2 saturated heterocycles. The van der Waals surface area contributed by atoms with E-state index in [1.165, 1.54) is 32.4 Å². The highest BCUT2D eigenvalue weighted by Crippen LogP contribution is 2.37. The van der Waals surface area contributed by atoms with Crippen LogP contribution in [-0.4, -0.2) is 61.6 Å². The molecule has 0 spiro atoms. The van der Waals surface area contributed by atoms with Crippen molar-refractivity contribution in [3.63, 3.8) is 0 Å². The Bertz CT molecular complexity index is 1220. The van der Waals surface area contributed by atoms with Crippen molar-refractivity contribution in [2.45, 2.75) is 63.8 Å². The molecule has 11 heteroatoms. The zero-order valence-electron chi connectivity index (χ0n) is 24.9. The number of nitrogens with one attached hydrogen (secondary N) is 1. The summed E-state index contributed by atoms with van der Waals surface area (Å²) >= 11 is 0. The van der Waals surface area contributed by atoms with Gasteiger partial charge in [0.2, 0.25) is 5.91 Å². The molecule has 1 N–H and O–H groups in total. The van der Waals surface area contributed by atoms with Crippen LogP contribution >= 0.6 is 0 Å². The van der Waals surface area contributed by atoms with Gasteiger partial charge in [0.1, 0.15) is 5.75 Å². The number of nitrogens with zero attached hydrogens (tertiary/aromatic N) is 2. The summed E-state index contributed by atoms with van der Waals surface area (Å²) < 4.78 is 84.6. The van der Waals surface area contributed by atoms with Crippen molar-refractivity contribution >= 4 is 12.0 Å². The standard InChI is InChI=1S/C33H41F6N3O2/c34-32(35,36)28-10-9-27(30(23-28)33(37,38)39)24-40-31(43)22-26-13-19-42(20-14-26)17-4-6-25-7-11-29(12-8-25)44-21-5-18-41-15-2-1-3-16-41/h4,6-12,23,26H,1-3,5,13-22,24H2,(H,40,43)/b6-4+. The molecule has 4 rings (SSSR count). The maximum absolute atomic E-state index is 13.4. The van der Waals surface area contributed by atoms with Crippen molar-refractivity contribution in [2.75, 3.05) is 45.9 Å². The van der Waals surface area contributed by atoms with Crippen molar-refractivity contribution in [1.29, 1.82) is 0 Å². The summed E-state index contributed by atoms with van der Waals surface area (Å²) in [4.78, 5) is 17.2.